The van der Waals surface area contributed by atoms with Crippen LogP contribution in [0.2, 0.25) is 0 Å². The van der Waals surface area contributed by atoms with Crippen molar-refractivity contribution in [1.82, 2.24) is 9.88 Å². The number of carboxylic acid groups (broad SMARTS) is 1. The Morgan fingerprint density at radius 1 is 1.56 bits per heavy atom. The van der Waals surface area contributed by atoms with Crippen LogP contribution in [0.1, 0.15) is 23.1 Å². The maximum Gasteiger partial charge on any atom is 0.354 e. The summed E-state index contributed by atoms with van der Waals surface area (Å²) >= 11 is 0. The Balaban J connectivity index is 1.96. The number of nitrogens with zero attached hydrogens (tertiary/aromatic N) is 2. The van der Waals surface area contributed by atoms with Gasteiger partial charge in [0.1, 0.15) is 5.69 Å². The van der Waals surface area contributed by atoms with Gasteiger partial charge in [-0.25, -0.2) is 9.78 Å². The van der Waals surface area contributed by atoms with E-state index in [2.05, 4.69) is 16.8 Å². The zero-order valence-electron chi connectivity index (χ0n) is 10.7. The van der Waals surface area contributed by atoms with Crippen LogP contribution in [0.5, 0.6) is 0 Å². The molecule has 5 nitrogen and oxygen atoms in total. The SMILES string of the molecule is CN(Cc1cccc(C(=O)O)n1)CC1(C)COC1. The molecule has 2 heterocycles. The molecule has 0 bridgehead atoms. The van der Waals surface area contributed by atoms with E-state index in [-0.39, 0.29) is 11.1 Å². The fraction of sp³-hybridized carbons (Fsp3) is 0.538. The van der Waals surface area contributed by atoms with Crippen molar-refractivity contribution in [2.24, 2.45) is 5.41 Å². The van der Waals surface area contributed by atoms with E-state index < -0.39 is 5.97 Å². The summed E-state index contributed by atoms with van der Waals surface area (Å²) in [5, 5.41) is 8.88. The van der Waals surface area contributed by atoms with Crippen molar-refractivity contribution in [1.29, 1.82) is 0 Å². The van der Waals surface area contributed by atoms with E-state index in [1.165, 1.54) is 6.07 Å². The van der Waals surface area contributed by atoms with Gasteiger partial charge in [-0.3, -0.25) is 4.90 Å². The van der Waals surface area contributed by atoms with E-state index in [4.69, 9.17) is 9.84 Å². The first-order valence-corrected chi connectivity index (χ1v) is 5.94. The van der Waals surface area contributed by atoms with Gasteiger partial charge < -0.3 is 9.84 Å². The first-order valence-electron chi connectivity index (χ1n) is 5.94. The summed E-state index contributed by atoms with van der Waals surface area (Å²) in [5.74, 6) is -0.987. The molecule has 0 spiro atoms. The third-order valence-electron chi connectivity index (χ3n) is 3.01. The number of hydrogen-bond donors (Lipinski definition) is 1. The van der Waals surface area contributed by atoms with Crippen LogP contribution >= 0.6 is 0 Å². The standard InChI is InChI=1S/C13H18N2O3/c1-13(8-18-9-13)7-15(2)6-10-4-3-5-11(14-10)12(16)17/h3-5H,6-9H2,1-2H3,(H,16,17). The minimum Gasteiger partial charge on any atom is -0.477 e. The van der Waals surface area contributed by atoms with Crippen LogP contribution in [0, 0.1) is 5.41 Å². The molecule has 0 amide bonds. The molecule has 0 aliphatic carbocycles. The molecule has 0 unspecified atom stereocenters. The summed E-state index contributed by atoms with van der Waals surface area (Å²) in [4.78, 5) is 17.1. The molecule has 1 aromatic rings. The summed E-state index contributed by atoms with van der Waals surface area (Å²) < 4.78 is 5.22. The molecule has 1 fully saturated rings. The van der Waals surface area contributed by atoms with Crippen LogP contribution in [0.4, 0.5) is 0 Å². The summed E-state index contributed by atoms with van der Waals surface area (Å²) in [7, 11) is 2.01. The summed E-state index contributed by atoms with van der Waals surface area (Å²) in [6.45, 7) is 5.34. The monoisotopic (exact) mass is 250 g/mol. The van der Waals surface area contributed by atoms with Crippen molar-refractivity contribution in [2.45, 2.75) is 13.5 Å². The van der Waals surface area contributed by atoms with Gasteiger partial charge in [0.05, 0.1) is 18.9 Å². The zero-order valence-corrected chi connectivity index (χ0v) is 10.7. The smallest absolute Gasteiger partial charge is 0.354 e. The Morgan fingerprint density at radius 2 is 2.28 bits per heavy atom. The molecule has 2 rings (SSSR count). The molecule has 0 radical (unpaired) electrons. The third kappa shape index (κ3) is 3.05. The number of carboxylic acids is 1. The van der Waals surface area contributed by atoms with Gasteiger partial charge in [0.25, 0.3) is 0 Å². The highest BCUT2D eigenvalue weighted by atomic mass is 16.5. The average Bonchev–Trinajstić information content (AvgIpc) is 2.27. The van der Waals surface area contributed by atoms with Crippen LogP contribution in [-0.4, -0.2) is 47.8 Å². The number of aromatic carboxylic acids is 1. The van der Waals surface area contributed by atoms with Crippen LogP contribution in [0.3, 0.4) is 0 Å². The van der Waals surface area contributed by atoms with Gasteiger partial charge in [-0.15, -0.1) is 0 Å². The van der Waals surface area contributed by atoms with Crippen molar-refractivity contribution in [3.8, 4) is 0 Å². The van der Waals surface area contributed by atoms with Gasteiger partial charge >= 0.3 is 5.97 Å². The highest BCUT2D eigenvalue weighted by Gasteiger charge is 2.34. The molecule has 1 aliphatic heterocycles. The maximum absolute atomic E-state index is 10.8. The lowest BCUT2D eigenvalue weighted by molar-refractivity contribution is -0.113. The van der Waals surface area contributed by atoms with Crippen LogP contribution in [-0.2, 0) is 11.3 Å². The Labute approximate surface area is 106 Å². The van der Waals surface area contributed by atoms with Crippen molar-refractivity contribution >= 4 is 5.97 Å². The van der Waals surface area contributed by atoms with Crippen molar-refractivity contribution in [3.05, 3.63) is 29.6 Å². The molecule has 1 aromatic heterocycles. The van der Waals surface area contributed by atoms with Gasteiger partial charge in [0.2, 0.25) is 0 Å². The third-order valence-corrected chi connectivity index (χ3v) is 3.01. The largest absolute Gasteiger partial charge is 0.477 e. The number of ether oxygens (including phenoxy) is 1. The van der Waals surface area contributed by atoms with Gasteiger partial charge in [-0.2, -0.15) is 0 Å². The van der Waals surface area contributed by atoms with E-state index >= 15 is 0 Å². The van der Waals surface area contributed by atoms with Gasteiger partial charge in [0, 0.05) is 18.5 Å². The van der Waals surface area contributed by atoms with E-state index in [0.29, 0.717) is 6.54 Å². The van der Waals surface area contributed by atoms with E-state index in [0.717, 1.165) is 25.5 Å². The van der Waals surface area contributed by atoms with Gasteiger partial charge in [-0.1, -0.05) is 13.0 Å². The van der Waals surface area contributed by atoms with Crippen molar-refractivity contribution in [2.75, 3.05) is 26.8 Å². The molecular formula is C13H18N2O3. The number of carbonyl (C=O) groups is 1. The van der Waals surface area contributed by atoms with E-state index in [9.17, 15) is 4.79 Å². The first kappa shape index (κ1) is 13.0. The van der Waals surface area contributed by atoms with Gasteiger partial charge in [0.15, 0.2) is 0 Å². The lowest BCUT2D eigenvalue weighted by atomic mass is 9.88. The quantitative estimate of drug-likeness (QED) is 0.852. The Kier molecular flexibility index (Phi) is 3.63. The normalized spacial score (nSPS) is 17.5. The highest BCUT2D eigenvalue weighted by Crippen LogP contribution is 2.27. The Morgan fingerprint density at radius 3 is 2.83 bits per heavy atom. The Bertz CT molecular complexity index is 444. The fourth-order valence-electron chi connectivity index (χ4n) is 2.21. The van der Waals surface area contributed by atoms with Crippen LogP contribution < -0.4 is 0 Å². The van der Waals surface area contributed by atoms with Crippen LogP contribution in [0.25, 0.3) is 0 Å². The summed E-state index contributed by atoms with van der Waals surface area (Å²) in [6, 6.07) is 5.09. The first-order chi connectivity index (χ1) is 8.48. The molecule has 0 atom stereocenters. The molecule has 5 heteroatoms. The zero-order chi connectivity index (χ0) is 13.2. The second-order valence-corrected chi connectivity index (χ2v) is 5.30. The number of hydrogen-bond acceptors (Lipinski definition) is 4. The second kappa shape index (κ2) is 5.04. The molecule has 1 saturated heterocycles. The second-order valence-electron chi connectivity index (χ2n) is 5.30. The molecule has 0 aromatic carbocycles. The fourth-order valence-corrected chi connectivity index (χ4v) is 2.21. The van der Waals surface area contributed by atoms with Crippen molar-refractivity contribution < 1.29 is 14.6 Å². The number of rotatable bonds is 5. The molecule has 1 N–H and O–H groups in total. The topological polar surface area (TPSA) is 62.7 Å². The van der Waals surface area contributed by atoms with Crippen LogP contribution in [0.15, 0.2) is 18.2 Å². The van der Waals surface area contributed by atoms with E-state index in [1.807, 2.05) is 13.1 Å². The number of pyridine rings is 1. The number of aromatic nitrogens is 1. The van der Waals surface area contributed by atoms with E-state index in [1.54, 1.807) is 6.07 Å². The molecular weight excluding hydrogens is 232 g/mol. The predicted molar refractivity (Wildman–Crippen MR) is 66.5 cm³/mol. The average molecular weight is 250 g/mol. The molecule has 1 aliphatic rings. The minimum atomic E-state index is -0.987. The van der Waals surface area contributed by atoms with Crippen molar-refractivity contribution in [3.63, 3.8) is 0 Å². The predicted octanol–water partition coefficient (Wildman–Crippen LogP) is 1.25. The maximum atomic E-state index is 10.8. The minimum absolute atomic E-state index is 0.0964. The van der Waals surface area contributed by atoms with Gasteiger partial charge in [-0.05, 0) is 19.2 Å². The molecule has 18 heavy (non-hydrogen) atoms. The highest BCUT2D eigenvalue weighted by molar-refractivity contribution is 5.85. The lowest BCUT2D eigenvalue weighted by Crippen LogP contribution is -2.47. The molecule has 98 valence electrons. The summed E-state index contributed by atoms with van der Waals surface area (Å²) in [5.41, 5.74) is 1.10. The summed E-state index contributed by atoms with van der Waals surface area (Å²) in [6.07, 6.45) is 0. The Hall–Kier alpha value is -1.46. The lowest BCUT2D eigenvalue weighted by Gasteiger charge is -2.40. The molecule has 0 saturated carbocycles.